The van der Waals surface area contributed by atoms with Gasteiger partial charge in [-0.25, -0.2) is 0 Å². The van der Waals surface area contributed by atoms with Crippen molar-refractivity contribution < 1.29 is 0 Å². The summed E-state index contributed by atoms with van der Waals surface area (Å²) >= 11 is 11.9. The molecule has 0 aromatic heterocycles. The monoisotopic (exact) mass is 232 g/mol. The standard InChI is InChI=1S/C10H14Cl2N2/c1-13-5-6-14-7-8-3-2-4-9(11)10(8)12/h2-4,13-14H,5-7H2,1H3. The third-order valence-electron chi connectivity index (χ3n) is 1.90. The van der Waals surface area contributed by atoms with Crippen LogP contribution in [0.15, 0.2) is 18.2 Å². The third kappa shape index (κ3) is 3.46. The number of rotatable bonds is 5. The van der Waals surface area contributed by atoms with Crippen LogP contribution in [0.5, 0.6) is 0 Å². The molecule has 0 saturated heterocycles. The first kappa shape index (κ1) is 11.8. The zero-order chi connectivity index (χ0) is 10.4. The highest BCUT2D eigenvalue weighted by molar-refractivity contribution is 6.42. The Morgan fingerprint density at radius 2 is 2.00 bits per heavy atom. The molecule has 0 unspecified atom stereocenters. The predicted molar refractivity (Wildman–Crippen MR) is 62.1 cm³/mol. The molecule has 0 saturated carbocycles. The second-order valence-electron chi connectivity index (χ2n) is 2.99. The summed E-state index contributed by atoms with van der Waals surface area (Å²) in [6.07, 6.45) is 0. The molecule has 0 aliphatic carbocycles. The molecule has 4 heteroatoms. The fourth-order valence-electron chi connectivity index (χ4n) is 1.12. The Kier molecular flexibility index (Phi) is 5.26. The van der Waals surface area contributed by atoms with Crippen molar-refractivity contribution in [3.8, 4) is 0 Å². The lowest BCUT2D eigenvalue weighted by Crippen LogP contribution is -2.24. The normalized spacial score (nSPS) is 10.5. The van der Waals surface area contributed by atoms with Gasteiger partial charge in [0.15, 0.2) is 0 Å². The summed E-state index contributed by atoms with van der Waals surface area (Å²) < 4.78 is 0. The van der Waals surface area contributed by atoms with Crippen molar-refractivity contribution in [1.29, 1.82) is 0 Å². The molecule has 1 aromatic rings. The highest BCUT2D eigenvalue weighted by Crippen LogP contribution is 2.25. The first-order valence-corrected chi connectivity index (χ1v) is 5.29. The minimum Gasteiger partial charge on any atom is -0.318 e. The van der Waals surface area contributed by atoms with Gasteiger partial charge in [0.1, 0.15) is 0 Å². The van der Waals surface area contributed by atoms with E-state index in [1.54, 1.807) is 6.07 Å². The quantitative estimate of drug-likeness (QED) is 0.762. The second kappa shape index (κ2) is 6.25. The molecule has 0 fully saturated rings. The number of nitrogens with one attached hydrogen (secondary N) is 2. The molecule has 0 atom stereocenters. The maximum absolute atomic E-state index is 6.02. The lowest BCUT2D eigenvalue weighted by atomic mass is 10.2. The minimum absolute atomic E-state index is 0.611. The van der Waals surface area contributed by atoms with Gasteiger partial charge in [-0.05, 0) is 18.7 Å². The van der Waals surface area contributed by atoms with Crippen LogP contribution in [0, 0.1) is 0 Å². The van der Waals surface area contributed by atoms with E-state index < -0.39 is 0 Å². The maximum Gasteiger partial charge on any atom is 0.0637 e. The minimum atomic E-state index is 0.611. The van der Waals surface area contributed by atoms with Crippen LogP contribution in [0.4, 0.5) is 0 Å². The summed E-state index contributed by atoms with van der Waals surface area (Å²) in [6, 6.07) is 5.67. The van der Waals surface area contributed by atoms with Crippen molar-refractivity contribution >= 4 is 23.2 Å². The summed E-state index contributed by atoms with van der Waals surface area (Å²) in [5, 5.41) is 7.58. The molecule has 2 N–H and O–H groups in total. The van der Waals surface area contributed by atoms with Crippen LogP contribution in [0.3, 0.4) is 0 Å². The van der Waals surface area contributed by atoms with E-state index in [2.05, 4.69) is 10.6 Å². The van der Waals surface area contributed by atoms with E-state index in [1.165, 1.54) is 0 Å². The molecule has 0 heterocycles. The largest absolute Gasteiger partial charge is 0.318 e. The van der Waals surface area contributed by atoms with E-state index in [0.29, 0.717) is 10.0 Å². The van der Waals surface area contributed by atoms with Crippen LogP contribution in [-0.4, -0.2) is 20.1 Å². The third-order valence-corrected chi connectivity index (χ3v) is 2.76. The Balaban J connectivity index is 2.46. The Bertz CT molecular complexity index is 289. The first-order chi connectivity index (χ1) is 6.75. The molecule has 0 aliphatic rings. The van der Waals surface area contributed by atoms with Crippen LogP contribution in [0.1, 0.15) is 5.56 Å². The summed E-state index contributed by atoms with van der Waals surface area (Å²) in [5.74, 6) is 0. The molecule has 1 rings (SSSR count). The molecular weight excluding hydrogens is 219 g/mol. The molecule has 0 aliphatic heterocycles. The van der Waals surface area contributed by atoms with E-state index >= 15 is 0 Å². The SMILES string of the molecule is CNCCNCc1cccc(Cl)c1Cl. The van der Waals surface area contributed by atoms with Gasteiger partial charge in [-0.3, -0.25) is 0 Å². The van der Waals surface area contributed by atoms with E-state index in [-0.39, 0.29) is 0 Å². The fraction of sp³-hybridized carbons (Fsp3) is 0.400. The maximum atomic E-state index is 6.02. The van der Waals surface area contributed by atoms with E-state index in [0.717, 1.165) is 25.2 Å². The van der Waals surface area contributed by atoms with E-state index in [4.69, 9.17) is 23.2 Å². The van der Waals surface area contributed by atoms with Gasteiger partial charge in [0.25, 0.3) is 0 Å². The molecule has 0 spiro atoms. The molecule has 0 radical (unpaired) electrons. The van der Waals surface area contributed by atoms with Crippen LogP contribution in [0.25, 0.3) is 0 Å². The summed E-state index contributed by atoms with van der Waals surface area (Å²) in [4.78, 5) is 0. The van der Waals surface area contributed by atoms with Crippen molar-refractivity contribution in [2.24, 2.45) is 0 Å². The number of halogens is 2. The predicted octanol–water partition coefficient (Wildman–Crippen LogP) is 2.30. The summed E-state index contributed by atoms with van der Waals surface area (Å²) in [5.41, 5.74) is 1.04. The first-order valence-electron chi connectivity index (χ1n) is 4.54. The van der Waals surface area contributed by atoms with Gasteiger partial charge in [-0.15, -0.1) is 0 Å². The van der Waals surface area contributed by atoms with Gasteiger partial charge >= 0.3 is 0 Å². The van der Waals surface area contributed by atoms with Crippen molar-refractivity contribution in [3.63, 3.8) is 0 Å². The van der Waals surface area contributed by atoms with E-state index in [1.807, 2.05) is 19.2 Å². The molecule has 14 heavy (non-hydrogen) atoms. The van der Waals surface area contributed by atoms with Crippen LogP contribution in [-0.2, 0) is 6.54 Å². The average Bonchev–Trinajstić information content (AvgIpc) is 2.19. The smallest absolute Gasteiger partial charge is 0.0637 e. The summed E-state index contributed by atoms with van der Waals surface area (Å²) in [6.45, 7) is 2.61. The fourth-order valence-corrected chi connectivity index (χ4v) is 1.51. The number of likely N-dealkylation sites (N-methyl/N-ethyl adjacent to an activating group) is 1. The van der Waals surface area contributed by atoms with Crippen molar-refractivity contribution in [2.45, 2.75) is 6.54 Å². The molecule has 0 bridgehead atoms. The molecule has 78 valence electrons. The van der Waals surface area contributed by atoms with Gasteiger partial charge in [0, 0.05) is 19.6 Å². The Morgan fingerprint density at radius 3 is 2.71 bits per heavy atom. The van der Waals surface area contributed by atoms with Gasteiger partial charge in [-0.1, -0.05) is 35.3 Å². The highest BCUT2D eigenvalue weighted by atomic mass is 35.5. The molecule has 1 aromatic carbocycles. The number of hydrogen-bond acceptors (Lipinski definition) is 2. The Hall–Kier alpha value is -0.280. The van der Waals surface area contributed by atoms with Gasteiger partial charge < -0.3 is 10.6 Å². The van der Waals surface area contributed by atoms with Gasteiger partial charge in [-0.2, -0.15) is 0 Å². The van der Waals surface area contributed by atoms with E-state index in [9.17, 15) is 0 Å². The van der Waals surface area contributed by atoms with Crippen LogP contribution >= 0.6 is 23.2 Å². The zero-order valence-corrected chi connectivity index (χ0v) is 9.62. The number of hydrogen-bond donors (Lipinski definition) is 2. The molecule has 0 amide bonds. The van der Waals surface area contributed by atoms with Crippen molar-refractivity contribution in [3.05, 3.63) is 33.8 Å². The molecular formula is C10H14Cl2N2. The molecule has 2 nitrogen and oxygen atoms in total. The zero-order valence-electron chi connectivity index (χ0n) is 8.11. The van der Waals surface area contributed by atoms with Gasteiger partial charge in [0.05, 0.1) is 10.0 Å². The Labute approximate surface area is 94.6 Å². The number of benzene rings is 1. The van der Waals surface area contributed by atoms with Crippen molar-refractivity contribution in [2.75, 3.05) is 20.1 Å². The topological polar surface area (TPSA) is 24.1 Å². The lowest BCUT2D eigenvalue weighted by Gasteiger charge is -2.07. The van der Waals surface area contributed by atoms with Gasteiger partial charge in [0.2, 0.25) is 0 Å². The average molecular weight is 233 g/mol. The Morgan fingerprint density at radius 1 is 1.21 bits per heavy atom. The van der Waals surface area contributed by atoms with Crippen LogP contribution in [0.2, 0.25) is 10.0 Å². The lowest BCUT2D eigenvalue weighted by molar-refractivity contribution is 0.651. The highest BCUT2D eigenvalue weighted by Gasteiger charge is 2.02. The second-order valence-corrected chi connectivity index (χ2v) is 3.78. The van der Waals surface area contributed by atoms with Crippen LogP contribution < -0.4 is 10.6 Å². The van der Waals surface area contributed by atoms with Crippen molar-refractivity contribution in [1.82, 2.24) is 10.6 Å². The summed E-state index contributed by atoms with van der Waals surface area (Å²) in [7, 11) is 1.92.